The molecule has 18 heavy (non-hydrogen) atoms. The highest BCUT2D eigenvalue weighted by Crippen LogP contribution is 2.27. The van der Waals surface area contributed by atoms with Gasteiger partial charge in [0, 0.05) is 0 Å². The highest BCUT2D eigenvalue weighted by atomic mass is 19.3. The molecule has 1 atom stereocenters. The van der Waals surface area contributed by atoms with Crippen LogP contribution >= 0.6 is 0 Å². The largest absolute Gasteiger partial charge is 0.433 e. The number of amides is 2. The topological polar surface area (TPSA) is 67.4 Å². The number of anilines is 1. The van der Waals surface area contributed by atoms with E-state index in [0.717, 1.165) is 0 Å². The Kier molecular flexibility index (Phi) is 3.40. The van der Waals surface area contributed by atoms with E-state index in [0.29, 0.717) is 0 Å². The average Bonchev–Trinajstić information content (AvgIpc) is 2.59. The first-order valence-corrected chi connectivity index (χ1v) is 5.20. The predicted molar refractivity (Wildman–Crippen MR) is 58.3 cm³/mol. The van der Waals surface area contributed by atoms with Crippen molar-refractivity contribution < 1.29 is 23.1 Å². The molecule has 1 heterocycles. The van der Waals surface area contributed by atoms with E-state index < -0.39 is 24.5 Å². The molecule has 1 aliphatic heterocycles. The molecule has 1 aromatic rings. The van der Waals surface area contributed by atoms with Crippen molar-refractivity contribution in [3.8, 4) is 5.75 Å². The van der Waals surface area contributed by atoms with Crippen molar-refractivity contribution in [1.82, 2.24) is 5.32 Å². The molecule has 0 radical (unpaired) electrons. The third-order valence-electron chi connectivity index (χ3n) is 2.40. The first-order chi connectivity index (χ1) is 8.56. The molecule has 0 bridgehead atoms. The molecule has 1 fully saturated rings. The summed E-state index contributed by atoms with van der Waals surface area (Å²) in [6.45, 7) is -2.95. The number of imide groups is 1. The Morgan fingerprint density at radius 2 is 2.06 bits per heavy atom. The van der Waals surface area contributed by atoms with Crippen LogP contribution in [0.1, 0.15) is 6.42 Å². The molecule has 1 aliphatic rings. The van der Waals surface area contributed by atoms with Gasteiger partial charge in [-0.15, -0.1) is 0 Å². The molecular weight excluding hydrogens is 246 g/mol. The molecule has 2 N–H and O–H groups in total. The van der Waals surface area contributed by atoms with Gasteiger partial charge in [-0.25, -0.2) is 0 Å². The summed E-state index contributed by atoms with van der Waals surface area (Å²) in [5, 5.41) is 4.82. The lowest BCUT2D eigenvalue weighted by molar-refractivity contribution is -0.124. The summed E-state index contributed by atoms with van der Waals surface area (Å²) >= 11 is 0. The molecule has 0 saturated carbocycles. The molecule has 2 amide bonds. The maximum absolute atomic E-state index is 12.2. The minimum Gasteiger partial charge on any atom is -0.433 e. The number of alkyl halides is 2. The molecule has 5 nitrogen and oxygen atoms in total. The van der Waals surface area contributed by atoms with Gasteiger partial charge in [0.15, 0.2) is 0 Å². The lowest BCUT2D eigenvalue weighted by Crippen LogP contribution is -2.30. The van der Waals surface area contributed by atoms with Gasteiger partial charge in [0.25, 0.3) is 0 Å². The Hall–Kier alpha value is -2.18. The predicted octanol–water partition coefficient (Wildman–Crippen LogP) is 1.11. The number of benzene rings is 1. The lowest BCUT2D eigenvalue weighted by Gasteiger charge is -2.15. The van der Waals surface area contributed by atoms with Crippen LogP contribution in [0.15, 0.2) is 24.3 Å². The third-order valence-corrected chi connectivity index (χ3v) is 2.40. The van der Waals surface area contributed by atoms with Gasteiger partial charge in [0.2, 0.25) is 11.8 Å². The molecule has 96 valence electrons. The van der Waals surface area contributed by atoms with Crippen molar-refractivity contribution in [2.45, 2.75) is 19.1 Å². The highest BCUT2D eigenvalue weighted by Gasteiger charge is 2.30. The number of para-hydroxylation sites is 2. The Morgan fingerprint density at radius 1 is 1.33 bits per heavy atom. The van der Waals surface area contributed by atoms with E-state index in [1.54, 1.807) is 6.07 Å². The minimum atomic E-state index is -2.95. The van der Waals surface area contributed by atoms with Crippen LogP contribution in [-0.4, -0.2) is 24.5 Å². The second kappa shape index (κ2) is 4.99. The van der Waals surface area contributed by atoms with Crippen LogP contribution in [-0.2, 0) is 9.59 Å². The van der Waals surface area contributed by atoms with Crippen LogP contribution in [0.3, 0.4) is 0 Å². The van der Waals surface area contributed by atoms with Crippen LogP contribution in [0.4, 0.5) is 14.5 Å². The fourth-order valence-corrected chi connectivity index (χ4v) is 1.64. The Labute approximate surface area is 101 Å². The van der Waals surface area contributed by atoms with Crippen LogP contribution in [0, 0.1) is 0 Å². The van der Waals surface area contributed by atoms with Crippen molar-refractivity contribution in [2.75, 3.05) is 5.32 Å². The zero-order valence-electron chi connectivity index (χ0n) is 9.15. The van der Waals surface area contributed by atoms with Crippen molar-refractivity contribution in [2.24, 2.45) is 0 Å². The summed E-state index contributed by atoms with van der Waals surface area (Å²) in [6.07, 6.45) is -0.0259. The molecule has 0 aliphatic carbocycles. The molecule has 1 saturated heterocycles. The van der Waals surface area contributed by atoms with E-state index in [9.17, 15) is 18.4 Å². The van der Waals surface area contributed by atoms with Crippen LogP contribution in [0.5, 0.6) is 5.75 Å². The van der Waals surface area contributed by atoms with Gasteiger partial charge >= 0.3 is 6.61 Å². The zero-order valence-corrected chi connectivity index (χ0v) is 9.15. The molecular formula is C11H10F2N2O3. The van der Waals surface area contributed by atoms with E-state index in [1.165, 1.54) is 18.2 Å². The van der Waals surface area contributed by atoms with E-state index in [4.69, 9.17) is 0 Å². The highest BCUT2D eigenvalue weighted by molar-refractivity contribution is 6.06. The monoisotopic (exact) mass is 256 g/mol. The van der Waals surface area contributed by atoms with E-state index in [1.807, 2.05) is 0 Å². The molecule has 1 aromatic carbocycles. The number of nitrogens with one attached hydrogen (secondary N) is 2. The Morgan fingerprint density at radius 3 is 2.67 bits per heavy atom. The summed E-state index contributed by atoms with van der Waals surface area (Å²) in [7, 11) is 0. The van der Waals surface area contributed by atoms with Gasteiger partial charge in [-0.3, -0.25) is 14.9 Å². The smallest absolute Gasteiger partial charge is 0.387 e. The van der Waals surface area contributed by atoms with E-state index in [-0.39, 0.29) is 17.9 Å². The normalized spacial score (nSPS) is 18.9. The quantitative estimate of drug-likeness (QED) is 0.792. The van der Waals surface area contributed by atoms with Gasteiger partial charge in [0.05, 0.1) is 12.1 Å². The molecule has 1 unspecified atom stereocenters. The number of hydrogen-bond donors (Lipinski definition) is 2. The van der Waals surface area contributed by atoms with Crippen LogP contribution in [0.2, 0.25) is 0 Å². The summed E-state index contributed by atoms with van der Waals surface area (Å²) < 4.78 is 28.6. The molecule has 0 aromatic heterocycles. The van der Waals surface area contributed by atoms with Gasteiger partial charge in [-0.05, 0) is 12.1 Å². The first-order valence-electron chi connectivity index (χ1n) is 5.20. The van der Waals surface area contributed by atoms with E-state index in [2.05, 4.69) is 15.4 Å². The first kappa shape index (κ1) is 12.3. The van der Waals surface area contributed by atoms with Crippen LogP contribution in [0.25, 0.3) is 0 Å². The summed E-state index contributed by atoms with van der Waals surface area (Å²) in [5.74, 6) is -0.948. The van der Waals surface area contributed by atoms with Crippen molar-refractivity contribution in [3.05, 3.63) is 24.3 Å². The number of carbonyl (C=O) groups is 2. The second-order valence-electron chi connectivity index (χ2n) is 3.69. The fraction of sp³-hybridized carbons (Fsp3) is 0.273. The number of halogens is 2. The minimum absolute atomic E-state index is 0.0259. The van der Waals surface area contributed by atoms with Crippen molar-refractivity contribution >= 4 is 17.5 Å². The van der Waals surface area contributed by atoms with Gasteiger partial charge < -0.3 is 10.1 Å². The Balaban J connectivity index is 2.13. The van der Waals surface area contributed by atoms with Gasteiger partial charge in [-0.2, -0.15) is 8.78 Å². The summed E-state index contributed by atoms with van der Waals surface area (Å²) in [6, 6.07) is 5.22. The SMILES string of the molecule is O=C1CC(Nc2ccccc2OC(F)F)C(=O)N1. The van der Waals surface area contributed by atoms with E-state index >= 15 is 0 Å². The zero-order chi connectivity index (χ0) is 13.1. The number of rotatable bonds is 4. The number of hydrogen-bond acceptors (Lipinski definition) is 4. The maximum Gasteiger partial charge on any atom is 0.387 e. The van der Waals surface area contributed by atoms with Crippen LogP contribution < -0.4 is 15.4 Å². The third kappa shape index (κ3) is 2.73. The molecule has 2 rings (SSSR count). The van der Waals surface area contributed by atoms with Gasteiger partial charge in [-0.1, -0.05) is 12.1 Å². The number of ether oxygens (including phenoxy) is 1. The summed E-state index contributed by atoms with van der Waals surface area (Å²) in [5.41, 5.74) is 0.243. The average molecular weight is 256 g/mol. The fourth-order valence-electron chi connectivity index (χ4n) is 1.64. The molecule has 0 spiro atoms. The lowest BCUT2D eigenvalue weighted by atomic mass is 10.2. The second-order valence-corrected chi connectivity index (χ2v) is 3.69. The Bertz CT molecular complexity index is 479. The van der Waals surface area contributed by atoms with Crippen molar-refractivity contribution in [1.29, 1.82) is 0 Å². The number of carbonyl (C=O) groups excluding carboxylic acids is 2. The standard InChI is InChI=1S/C11H10F2N2O3/c12-11(13)18-8-4-2-1-3-6(8)14-7-5-9(16)15-10(7)17/h1-4,7,11,14H,5H2,(H,15,16,17). The summed E-state index contributed by atoms with van der Waals surface area (Å²) in [4.78, 5) is 22.3. The maximum atomic E-state index is 12.2. The molecule has 7 heteroatoms. The van der Waals surface area contributed by atoms with Crippen molar-refractivity contribution in [3.63, 3.8) is 0 Å². The van der Waals surface area contributed by atoms with Gasteiger partial charge in [0.1, 0.15) is 11.8 Å².